The summed E-state index contributed by atoms with van der Waals surface area (Å²) in [5.74, 6) is 6.71. The van der Waals surface area contributed by atoms with Crippen LogP contribution < -0.4 is 16.6 Å². The first kappa shape index (κ1) is 13.7. The summed E-state index contributed by atoms with van der Waals surface area (Å²) >= 11 is 7.43. The van der Waals surface area contributed by atoms with Crippen LogP contribution in [0.25, 0.3) is 0 Å². The summed E-state index contributed by atoms with van der Waals surface area (Å²) in [6.07, 6.45) is 7.73. The number of nitrogens with zero attached hydrogens (tertiary/aromatic N) is 3. The first-order valence-corrected chi connectivity index (χ1v) is 7.64. The molecule has 0 aromatic carbocycles. The van der Waals surface area contributed by atoms with Gasteiger partial charge in [-0.1, -0.05) is 42.6 Å². The molecule has 1 saturated carbocycles. The van der Waals surface area contributed by atoms with E-state index < -0.39 is 0 Å². The summed E-state index contributed by atoms with van der Waals surface area (Å²) in [6, 6.07) is 0.293. The first-order valence-electron chi connectivity index (χ1n) is 6.04. The molecule has 0 radical (unpaired) electrons. The molecule has 1 aromatic rings. The first-order chi connectivity index (χ1) is 8.63. The zero-order valence-corrected chi connectivity index (χ0v) is 12.0. The van der Waals surface area contributed by atoms with Crippen molar-refractivity contribution in [3.63, 3.8) is 0 Å². The van der Waals surface area contributed by atoms with Crippen LogP contribution in [0.2, 0.25) is 5.15 Å². The smallest absolute Gasteiger partial charge is 0.190 e. The molecule has 0 bridgehead atoms. The number of rotatable bonds is 3. The number of hydrogen-bond acceptors (Lipinski definition) is 6. The molecule has 1 heterocycles. The van der Waals surface area contributed by atoms with Gasteiger partial charge in [0.05, 0.1) is 0 Å². The van der Waals surface area contributed by atoms with E-state index in [1.807, 2.05) is 6.26 Å². The molecule has 1 aliphatic carbocycles. The normalized spacial score (nSPS) is 16.8. The van der Waals surface area contributed by atoms with Crippen LogP contribution in [0.3, 0.4) is 0 Å². The third kappa shape index (κ3) is 2.81. The number of nitrogens with two attached hydrogens (primary N) is 2. The molecule has 7 heteroatoms. The van der Waals surface area contributed by atoms with Gasteiger partial charge < -0.3 is 5.73 Å². The second kappa shape index (κ2) is 5.95. The molecule has 5 nitrogen and oxygen atoms in total. The minimum atomic E-state index is 0.274. The van der Waals surface area contributed by atoms with Gasteiger partial charge in [0.2, 0.25) is 0 Å². The maximum atomic E-state index is 6.16. The summed E-state index contributed by atoms with van der Waals surface area (Å²) in [4.78, 5) is 8.46. The van der Waals surface area contributed by atoms with Crippen molar-refractivity contribution in [2.45, 2.75) is 43.3 Å². The molecule has 1 aliphatic rings. The van der Waals surface area contributed by atoms with Crippen LogP contribution in [0.4, 0.5) is 11.5 Å². The monoisotopic (exact) mass is 287 g/mol. The van der Waals surface area contributed by atoms with Gasteiger partial charge in [-0.3, -0.25) is 5.01 Å². The number of anilines is 2. The van der Waals surface area contributed by atoms with Gasteiger partial charge in [-0.2, -0.15) is 0 Å². The number of halogens is 1. The van der Waals surface area contributed by atoms with E-state index in [9.17, 15) is 0 Å². The SMILES string of the molecule is CSc1nc(Cl)c(N)c(N(N)C2CCCCC2)n1. The fourth-order valence-corrected chi connectivity index (χ4v) is 2.81. The van der Waals surface area contributed by atoms with Crippen LogP contribution in [0.5, 0.6) is 0 Å². The summed E-state index contributed by atoms with van der Waals surface area (Å²) in [5, 5.41) is 2.54. The van der Waals surface area contributed by atoms with E-state index in [1.54, 1.807) is 5.01 Å². The van der Waals surface area contributed by atoms with E-state index in [-0.39, 0.29) is 5.15 Å². The average molecular weight is 288 g/mol. The molecule has 0 unspecified atom stereocenters. The molecule has 0 amide bonds. The lowest BCUT2D eigenvalue weighted by Gasteiger charge is -2.32. The molecule has 18 heavy (non-hydrogen) atoms. The predicted octanol–water partition coefficient (Wildman–Crippen LogP) is 2.45. The second-order valence-electron chi connectivity index (χ2n) is 4.44. The Kier molecular flexibility index (Phi) is 4.53. The van der Waals surface area contributed by atoms with Gasteiger partial charge in [0.15, 0.2) is 16.1 Å². The highest BCUT2D eigenvalue weighted by Gasteiger charge is 2.23. The Morgan fingerprint density at radius 2 is 1.94 bits per heavy atom. The van der Waals surface area contributed by atoms with E-state index in [1.165, 1.54) is 31.0 Å². The fraction of sp³-hybridized carbons (Fsp3) is 0.636. The number of thioether (sulfide) groups is 1. The van der Waals surface area contributed by atoms with Crippen molar-refractivity contribution in [3.05, 3.63) is 5.15 Å². The summed E-state index contributed by atoms with van der Waals surface area (Å²) < 4.78 is 0. The highest BCUT2D eigenvalue weighted by atomic mass is 35.5. The lowest BCUT2D eigenvalue weighted by molar-refractivity contribution is 0.415. The Morgan fingerprint density at radius 1 is 1.28 bits per heavy atom. The van der Waals surface area contributed by atoms with Gasteiger partial charge in [0.1, 0.15) is 5.69 Å². The lowest BCUT2D eigenvalue weighted by atomic mass is 9.95. The average Bonchev–Trinajstić information content (AvgIpc) is 2.42. The number of aromatic nitrogens is 2. The van der Waals surface area contributed by atoms with E-state index >= 15 is 0 Å². The second-order valence-corrected chi connectivity index (χ2v) is 5.57. The Morgan fingerprint density at radius 3 is 2.56 bits per heavy atom. The Bertz CT molecular complexity index is 422. The minimum Gasteiger partial charge on any atom is -0.393 e. The van der Waals surface area contributed by atoms with Crippen molar-refractivity contribution >= 4 is 34.9 Å². The molecule has 100 valence electrons. The van der Waals surface area contributed by atoms with Gasteiger partial charge >= 0.3 is 0 Å². The predicted molar refractivity (Wildman–Crippen MR) is 76.8 cm³/mol. The third-order valence-electron chi connectivity index (χ3n) is 3.25. The van der Waals surface area contributed by atoms with Crippen molar-refractivity contribution in [3.8, 4) is 0 Å². The van der Waals surface area contributed by atoms with E-state index in [2.05, 4.69) is 9.97 Å². The highest BCUT2D eigenvalue weighted by molar-refractivity contribution is 7.98. The maximum absolute atomic E-state index is 6.16. The van der Waals surface area contributed by atoms with Crippen LogP contribution in [0, 0.1) is 0 Å². The highest BCUT2D eigenvalue weighted by Crippen LogP contribution is 2.31. The van der Waals surface area contributed by atoms with E-state index in [0.717, 1.165) is 12.8 Å². The molecule has 0 saturated heterocycles. The quantitative estimate of drug-likeness (QED) is 0.292. The molecule has 0 atom stereocenters. The zero-order valence-electron chi connectivity index (χ0n) is 10.4. The molecule has 1 fully saturated rings. The standard InChI is InChI=1S/C11H18ClN5S/c1-18-11-15-9(12)8(13)10(16-11)17(14)7-5-3-2-4-6-7/h7H,2-6,13-14H2,1H3. The summed E-state index contributed by atoms with van der Waals surface area (Å²) in [5.41, 5.74) is 6.29. The lowest BCUT2D eigenvalue weighted by Crippen LogP contribution is -2.43. The van der Waals surface area contributed by atoms with Crippen LogP contribution in [-0.4, -0.2) is 22.3 Å². The van der Waals surface area contributed by atoms with E-state index in [4.69, 9.17) is 23.2 Å². The van der Waals surface area contributed by atoms with Crippen molar-refractivity contribution < 1.29 is 0 Å². The topological polar surface area (TPSA) is 81.1 Å². The van der Waals surface area contributed by atoms with Crippen molar-refractivity contribution in [1.82, 2.24) is 9.97 Å². The van der Waals surface area contributed by atoms with Crippen LogP contribution in [0.15, 0.2) is 5.16 Å². The maximum Gasteiger partial charge on any atom is 0.190 e. The van der Waals surface area contributed by atoms with Crippen molar-refractivity contribution in [1.29, 1.82) is 0 Å². The van der Waals surface area contributed by atoms with E-state index in [0.29, 0.717) is 22.7 Å². The minimum absolute atomic E-state index is 0.274. The van der Waals surface area contributed by atoms with Gasteiger partial charge in [0.25, 0.3) is 0 Å². The molecule has 2 rings (SSSR count). The van der Waals surface area contributed by atoms with Crippen molar-refractivity contribution in [2.24, 2.45) is 5.84 Å². The summed E-state index contributed by atoms with van der Waals surface area (Å²) in [7, 11) is 0. The molecule has 0 aliphatic heterocycles. The van der Waals surface area contributed by atoms with Gasteiger partial charge in [-0.05, 0) is 19.1 Å². The third-order valence-corrected chi connectivity index (χ3v) is 4.09. The Hall–Kier alpha value is -0.720. The van der Waals surface area contributed by atoms with Gasteiger partial charge in [-0.15, -0.1) is 0 Å². The van der Waals surface area contributed by atoms with Crippen LogP contribution in [-0.2, 0) is 0 Å². The molecule has 1 aromatic heterocycles. The Labute approximate surface area is 116 Å². The summed E-state index contributed by atoms with van der Waals surface area (Å²) in [6.45, 7) is 0. The largest absolute Gasteiger partial charge is 0.393 e. The number of hydrazine groups is 1. The Balaban J connectivity index is 2.27. The van der Waals surface area contributed by atoms with Crippen molar-refractivity contribution in [2.75, 3.05) is 17.0 Å². The van der Waals surface area contributed by atoms with Crippen LogP contribution in [0.1, 0.15) is 32.1 Å². The molecular formula is C11H18ClN5S. The molecular weight excluding hydrogens is 270 g/mol. The zero-order chi connectivity index (χ0) is 13.1. The van der Waals surface area contributed by atoms with Gasteiger partial charge in [0, 0.05) is 6.04 Å². The molecule has 0 spiro atoms. The fourth-order valence-electron chi connectivity index (χ4n) is 2.23. The number of nitrogen functional groups attached to an aromatic ring is 1. The molecule has 4 N–H and O–H groups in total. The van der Waals surface area contributed by atoms with Crippen LogP contribution >= 0.6 is 23.4 Å². The number of hydrogen-bond donors (Lipinski definition) is 2. The van der Waals surface area contributed by atoms with Gasteiger partial charge in [-0.25, -0.2) is 15.8 Å².